The molecule has 0 spiro atoms. The van der Waals surface area contributed by atoms with Gasteiger partial charge in [-0.2, -0.15) is 0 Å². The van der Waals surface area contributed by atoms with Crippen LogP contribution in [0.3, 0.4) is 0 Å². The Morgan fingerprint density at radius 2 is 1.70 bits per heavy atom. The number of benzene rings is 2. The maximum absolute atomic E-state index is 8.25. The quantitative estimate of drug-likeness (QED) is 0.728. The van der Waals surface area contributed by atoms with Crippen molar-refractivity contribution in [2.24, 2.45) is 0 Å². The van der Waals surface area contributed by atoms with Crippen molar-refractivity contribution in [3.63, 3.8) is 0 Å². The molecule has 0 radical (unpaired) electrons. The molecular formula is C23H27N3S. The number of fused-ring (bicyclic) bond motifs is 2. The highest BCUT2D eigenvalue weighted by Gasteiger charge is 2.45. The average molecular weight is 378 g/mol. The second-order valence-electron chi connectivity index (χ2n) is 7.66. The summed E-state index contributed by atoms with van der Waals surface area (Å²) >= 11 is 1.87. The predicted molar refractivity (Wildman–Crippen MR) is 113 cm³/mol. The second kappa shape index (κ2) is 8.06. The van der Waals surface area contributed by atoms with Gasteiger partial charge in [0.15, 0.2) is 0 Å². The van der Waals surface area contributed by atoms with Gasteiger partial charge >= 0.3 is 0 Å². The molecule has 1 fully saturated rings. The minimum atomic E-state index is -0.552. The number of likely N-dealkylation sites (N-methyl/N-ethyl adjacent to an activating group) is 1. The molecule has 27 heavy (non-hydrogen) atoms. The van der Waals surface area contributed by atoms with Gasteiger partial charge in [0.1, 0.15) is 0 Å². The van der Waals surface area contributed by atoms with Crippen molar-refractivity contribution in [2.75, 3.05) is 39.8 Å². The van der Waals surface area contributed by atoms with Crippen molar-refractivity contribution in [3.05, 3.63) is 76.6 Å². The van der Waals surface area contributed by atoms with E-state index in [1.807, 2.05) is 11.8 Å². The van der Waals surface area contributed by atoms with E-state index in [1.165, 1.54) is 21.6 Å². The van der Waals surface area contributed by atoms with Crippen molar-refractivity contribution in [1.29, 1.82) is 0 Å². The molecule has 1 atom stereocenters. The van der Waals surface area contributed by atoms with E-state index in [9.17, 15) is 0 Å². The molecule has 2 aromatic carbocycles. The average Bonchev–Trinajstić information content (AvgIpc) is 2.85. The first-order valence-electron chi connectivity index (χ1n) is 9.83. The summed E-state index contributed by atoms with van der Waals surface area (Å²) in [4.78, 5) is 10.5. The summed E-state index contributed by atoms with van der Waals surface area (Å²) in [5.74, 6) is 0.947. The minimum absolute atomic E-state index is 0.552. The topological polar surface area (TPSA) is 10.8 Å². The van der Waals surface area contributed by atoms with Crippen LogP contribution >= 0.6 is 11.8 Å². The van der Waals surface area contributed by atoms with E-state index in [0.717, 1.165) is 51.3 Å². The van der Waals surface area contributed by atoms with Crippen LogP contribution in [0, 0.1) is 6.57 Å². The van der Waals surface area contributed by atoms with Gasteiger partial charge in [-0.1, -0.05) is 36.4 Å². The number of nitrogens with zero attached hydrogens (tertiary/aromatic N) is 3. The van der Waals surface area contributed by atoms with Gasteiger partial charge in [0, 0.05) is 48.8 Å². The molecule has 140 valence electrons. The summed E-state index contributed by atoms with van der Waals surface area (Å²) in [7, 11) is 2.20. The Bertz CT molecular complexity index is 786. The summed E-state index contributed by atoms with van der Waals surface area (Å²) in [5.41, 5.74) is 3.18. The zero-order valence-corrected chi connectivity index (χ0v) is 16.8. The molecule has 1 unspecified atom stereocenters. The first kappa shape index (κ1) is 18.6. The number of thioether (sulfide) groups is 1. The third-order valence-corrected chi connectivity index (χ3v) is 7.10. The molecule has 0 N–H and O–H groups in total. The van der Waals surface area contributed by atoms with E-state index in [-0.39, 0.29) is 0 Å². The number of hydrogen-bond donors (Lipinski definition) is 0. The molecule has 0 aromatic heterocycles. The zero-order valence-electron chi connectivity index (χ0n) is 16.0. The summed E-state index contributed by atoms with van der Waals surface area (Å²) in [5, 5.41) is 0. The number of piperazine rings is 1. The van der Waals surface area contributed by atoms with Crippen molar-refractivity contribution in [3.8, 4) is 0 Å². The van der Waals surface area contributed by atoms with Gasteiger partial charge in [0.25, 0.3) is 5.54 Å². The van der Waals surface area contributed by atoms with E-state index in [0.29, 0.717) is 0 Å². The normalized spacial score (nSPS) is 23.1. The lowest BCUT2D eigenvalue weighted by Crippen LogP contribution is -2.44. The summed E-state index contributed by atoms with van der Waals surface area (Å²) in [6.45, 7) is 13.9. The molecule has 4 heteroatoms. The molecule has 4 rings (SSSR count). The van der Waals surface area contributed by atoms with Gasteiger partial charge in [0.05, 0.1) is 5.56 Å². The van der Waals surface area contributed by atoms with Crippen LogP contribution in [0.1, 0.15) is 29.5 Å². The lowest BCUT2D eigenvalue weighted by atomic mass is 9.78. The van der Waals surface area contributed by atoms with Gasteiger partial charge in [0.2, 0.25) is 0 Å². The highest BCUT2D eigenvalue weighted by atomic mass is 32.2. The molecule has 3 nitrogen and oxygen atoms in total. The molecule has 2 aliphatic rings. The Hall–Kier alpha value is -1.80. The third-order valence-electron chi connectivity index (χ3n) is 5.98. The van der Waals surface area contributed by atoms with Crippen LogP contribution in [-0.4, -0.2) is 49.6 Å². The highest BCUT2D eigenvalue weighted by Crippen LogP contribution is 2.48. The largest absolute Gasteiger partial charge is 0.304 e. The smallest absolute Gasteiger partial charge is 0.283 e. The van der Waals surface area contributed by atoms with E-state index in [4.69, 9.17) is 6.57 Å². The Balaban J connectivity index is 1.63. The van der Waals surface area contributed by atoms with Crippen molar-refractivity contribution in [2.45, 2.75) is 29.0 Å². The van der Waals surface area contributed by atoms with Crippen molar-refractivity contribution in [1.82, 2.24) is 9.80 Å². The first-order chi connectivity index (χ1) is 13.2. The van der Waals surface area contributed by atoms with Crippen LogP contribution in [0.15, 0.2) is 53.4 Å². The summed E-state index contributed by atoms with van der Waals surface area (Å²) < 4.78 is 0. The lowest BCUT2D eigenvalue weighted by Gasteiger charge is -2.33. The Kier molecular flexibility index (Phi) is 5.54. The first-order valence-corrected chi connectivity index (χ1v) is 10.8. The second-order valence-corrected chi connectivity index (χ2v) is 8.68. The minimum Gasteiger partial charge on any atom is -0.304 e. The number of rotatable bonds is 4. The standard InChI is InChI=1S/C23H27N3S/c1-24-23(12-7-13-26-16-14-25(2)15-17-26)20-9-4-3-8-19(20)18-27-22-11-6-5-10-21(22)23/h3-6,8-11H,7,12-18H2,2H3. The SMILES string of the molecule is [C-]#[N+]C1(CCCN2CCN(C)CC2)c2ccccc2CSc2ccccc21. The van der Waals surface area contributed by atoms with Gasteiger partial charge in [-0.15, -0.1) is 11.8 Å². The highest BCUT2D eigenvalue weighted by molar-refractivity contribution is 7.98. The molecular weight excluding hydrogens is 350 g/mol. The fourth-order valence-corrected chi connectivity index (χ4v) is 5.49. The van der Waals surface area contributed by atoms with Crippen molar-refractivity contribution >= 4 is 11.8 Å². The summed E-state index contributed by atoms with van der Waals surface area (Å²) in [6.07, 6.45) is 1.94. The predicted octanol–water partition coefficient (Wildman–Crippen LogP) is 4.48. The van der Waals surface area contributed by atoms with Crippen LogP contribution in [0.4, 0.5) is 0 Å². The Morgan fingerprint density at radius 3 is 2.48 bits per heavy atom. The fraction of sp³-hybridized carbons (Fsp3) is 0.435. The molecule has 0 amide bonds. The molecule has 0 saturated carbocycles. The molecule has 0 bridgehead atoms. The lowest BCUT2D eigenvalue weighted by molar-refractivity contribution is 0.150. The maximum atomic E-state index is 8.25. The van der Waals surface area contributed by atoms with Gasteiger partial charge < -0.3 is 9.80 Å². The number of hydrogen-bond acceptors (Lipinski definition) is 3. The Morgan fingerprint density at radius 1 is 1.00 bits per heavy atom. The third kappa shape index (κ3) is 3.65. The zero-order chi connectivity index (χ0) is 18.7. The van der Waals surface area contributed by atoms with Crippen LogP contribution < -0.4 is 0 Å². The van der Waals surface area contributed by atoms with Gasteiger partial charge in [-0.25, -0.2) is 6.57 Å². The molecule has 2 aliphatic heterocycles. The van der Waals surface area contributed by atoms with Gasteiger partial charge in [-0.3, -0.25) is 4.85 Å². The van der Waals surface area contributed by atoms with Crippen LogP contribution in [0.25, 0.3) is 4.85 Å². The molecule has 2 aromatic rings. The Labute approximate surface area is 167 Å². The van der Waals surface area contributed by atoms with E-state index in [1.54, 1.807) is 0 Å². The van der Waals surface area contributed by atoms with Crippen LogP contribution in [0.2, 0.25) is 0 Å². The van der Waals surface area contributed by atoms with E-state index in [2.05, 4.69) is 70.2 Å². The fourth-order valence-electron chi connectivity index (χ4n) is 4.36. The molecule has 2 heterocycles. The summed E-state index contributed by atoms with van der Waals surface area (Å²) in [6, 6.07) is 17.1. The van der Waals surface area contributed by atoms with Crippen LogP contribution in [0.5, 0.6) is 0 Å². The van der Waals surface area contributed by atoms with Crippen LogP contribution in [-0.2, 0) is 11.3 Å². The molecule has 1 saturated heterocycles. The maximum Gasteiger partial charge on any atom is 0.283 e. The van der Waals surface area contributed by atoms with E-state index < -0.39 is 5.54 Å². The van der Waals surface area contributed by atoms with Crippen molar-refractivity contribution < 1.29 is 0 Å². The van der Waals surface area contributed by atoms with E-state index >= 15 is 0 Å². The monoisotopic (exact) mass is 377 g/mol. The molecule has 0 aliphatic carbocycles. The van der Waals surface area contributed by atoms with Gasteiger partial charge in [-0.05, 0) is 37.7 Å².